The molecule has 5 heteroatoms. The zero-order valence-corrected chi connectivity index (χ0v) is 11.9. The van der Waals surface area contributed by atoms with E-state index in [0.29, 0.717) is 6.42 Å². The molecule has 5 nitrogen and oxygen atoms in total. The third kappa shape index (κ3) is 4.62. The molecule has 2 N–H and O–H groups in total. The Morgan fingerprint density at radius 2 is 1.95 bits per heavy atom. The van der Waals surface area contributed by atoms with Crippen LogP contribution in [0.25, 0.3) is 0 Å². The molecule has 19 heavy (non-hydrogen) atoms. The maximum Gasteiger partial charge on any atom is 0.241 e. The number of carbonyl (C=O) groups excluding carboxylic acids is 2. The molecule has 0 aliphatic heterocycles. The van der Waals surface area contributed by atoms with Gasteiger partial charge in [-0.3, -0.25) is 9.59 Å². The van der Waals surface area contributed by atoms with Gasteiger partial charge in [0.1, 0.15) is 0 Å². The average molecular weight is 263 g/mol. The van der Waals surface area contributed by atoms with E-state index in [-0.39, 0.29) is 18.4 Å². The number of hydrogen-bond acceptors (Lipinski definition) is 3. The molecule has 0 radical (unpaired) electrons. The third-order valence-corrected chi connectivity index (χ3v) is 2.78. The van der Waals surface area contributed by atoms with Crippen molar-refractivity contribution in [3.8, 4) is 0 Å². The summed E-state index contributed by atoms with van der Waals surface area (Å²) >= 11 is 0. The van der Waals surface area contributed by atoms with Crippen LogP contribution in [0.3, 0.4) is 0 Å². The lowest BCUT2D eigenvalue weighted by Gasteiger charge is -2.14. The number of nitrogens with zero attached hydrogens (tertiary/aromatic N) is 1. The van der Waals surface area contributed by atoms with E-state index in [0.717, 1.165) is 16.9 Å². The van der Waals surface area contributed by atoms with Gasteiger partial charge >= 0.3 is 0 Å². The van der Waals surface area contributed by atoms with Gasteiger partial charge in [-0.2, -0.15) is 0 Å². The van der Waals surface area contributed by atoms with Crippen LogP contribution in [-0.4, -0.2) is 37.4 Å². The summed E-state index contributed by atoms with van der Waals surface area (Å²) in [5, 5.41) is 5.88. The molecule has 1 aromatic rings. The quantitative estimate of drug-likeness (QED) is 0.852. The molecule has 0 aliphatic rings. The molecule has 0 aliphatic carbocycles. The smallest absolute Gasteiger partial charge is 0.241 e. The summed E-state index contributed by atoms with van der Waals surface area (Å²) in [6, 6.07) is 5.64. The number of hydrogen-bond donors (Lipinski definition) is 2. The Labute approximate surface area is 114 Å². The molecular weight excluding hydrogens is 242 g/mol. The van der Waals surface area contributed by atoms with E-state index in [2.05, 4.69) is 10.6 Å². The lowest BCUT2D eigenvalue weighted by molar-refractivity contribution is -0.126. The summed E-state index contributed by atoms with van der Waals surface area (Å²) in [7, 11) is 3.43. The highest BCUT2D eigenvalue weighted by Crippen LogP contribution is 2.20. The molecule has 1 rings (SSSR count). The van der Waals surface area contributed by atoms with Crippen LogP contribution in [0.4, 0.5) is 11.4 Å². The Morgan fingerprint density at radius 1 is 1.26 bits per heavy atom. The van der Waals surface area contributed by atoms with Crippen molar-refractivity contribution in [3.63, 3.8) is 0 Å². The van der Waals surface area contributed by atoms with Crippen LogP contribution in [0.5, 0.6) is 0 Å². The van der Waals surface area contributed by atoms with E-state index < -0.39 is 0 Å². The number of nitrogens with one attached hydrogen (secondary N) is 2. The van der Waals surface area contributed by atoms with Gasteiger partial charge in [-0.1, -0.05) is 13.0 Å². The predicted molar refractivity (Wildman–Crippen MR) is 77.3 cm³/mol. The largest absolute Gasteiger partial charge is 0.376 e. The van der Waals surface area contributed by atoms with Crippen molar-refractivity contribution in [1.82, 2.24) is 4.90 Å². The Balaban J connectivity index is 2.73. The number of benzene rings is 1. The standard InChI is InChI=1S/C14H21N3O2/c1-5-13(18)16-12-8-11(7-6-10(12)2)15-9-14(19)17(3)4/h6-8,15H,5,9H2,1-4H3,(H,16,18). The number of rotatable bonds is 5. The molecule has 104 valence electrons. The maximum absolute atomic E-state index is 11.5. The van der Waals surface area contributed by atoms with Gasteiger partial charge in [-0.05, 0) is 24.6 Å². The van der Waals surface area contributed by atoms with Crippen molar-refractivity contribution < 1.29 is 9.59 Å². The Bertz CT molecular complexity index is 470. The minimum absolute atomic E-state index is 0.000260. The summed E-state index contributed by atoms with van der Waals surface area (Å²) in [6.07, 6.45) is 0.441. The van der Waals surface area contributed by atoms with Gasteiger partial charge in [0.05, 0.1) is 6.54 Å². The van der Waals surface area contributed by atoms with Crippen LogP contribution in [0.15, 0.2) is 18.2 Å². The zero-order valence-electron chi connectivity index (χ0n) is 11.9. The molecule has 0 heterocycles. The lowest BCUT2D eigenvalue weighted by Crippen LogP contribution is -2.28. The fourth-order valence-corrected chi connectivity index (χ4v) is 1.44. The molecule has 0 fully saturated rings. The third-order valence-electron chi connectivity index (χ3n) is 2.78. The molecule has 1 aromatic carbocycles. The lowest BCUT2D eigenvalue weighted by atomic mass is 10.1. The highest BCUT2D eigenvalue weighted by Gasteiger charge is 2.06. The number of aryl methyl sites for hydroxylation is 1. The monoisotopic (exact) mass is 263 g/mol. The van der Waals surface area contributed by atoms with Gasteiger partial charge in [0.15, 0.2) is 0 Å². The number of anilines is 2. The molecular formula is C14H21N3O2. The van der Waals surface area contributed by atoms with Crippen LogP contribution in [0.1, 0.15) is 18.9 Å². The zero-order chi connectivity index (χ0) is 14.4. The van der Waals surface area contributed by atoms with Crippen molar-refractivity contribution in [2.24, 2.45) is 0 Å². The highest BCUT2D eigenvalue weighted by molar-refractivity contribution is 5.92. The fourth-order valence-electron chi connectivity index (χ4n) is 1.44. The van der Waals surface area contributed by atoms with Crippen molar-refractivity contribution >= 4 is 23.2 Å². The van der Waals surface area contributed by atoms with E-state index in [1.54, 1.807) is 14.1 Å². The average Bonchev–Trinajstić information content (AvgIpc) is 2.38. The van der Waals surface area contributed by atoms with Crippen molar-refractivity contribution in [2.75, 3.05) is 31.3 Å². The molecule has 0 atom stereocenters. The Morgan fingerprint density at radius 3 is 2.53 bits per heavy atom. The molecule has 0 spiro atoms. The first-order chi connectivity index (χ1) is 8.93. The number of carbonyl (C=O) groups is 2. The minimum atomic E-state index is -0.0235. The fraction of sp³-hybridized carbons (Fsp3) is 0.429. The van der Waals surface area contributed by atoms with Crippen LogP contribution in [0, 0.1) is 6.92 Å². The summed E-state index contributed by atoms with van der Waals surface area (Å²) in [6.45, 7) is 3.97. The maximum atomic E-state index is 11.5. The second-order valence-corrected chi connectivity index (χ2v) is 4.57. The molecule has 0 unspecified atom stereocenters. The molecule has 0 aromatic heterocycles. The topological polar surface area (TPSA) is 61.4 Å². The first-order valence-corrected chi connectivity index (χ1v) is 6.28. The number of likely N-dealkylation sites (N-methyl/N-ethyl adjacent to an activating group) is 1. The second-order valence-electron chi connectivity index (χ2n) is 4.57. The van der Waals surface area contributed by atoms with E-state index in [4.69, 9.17) is 0 Å². The first-order valence-electron chi connectivity index (χ1n) is 6.28. The molecule has 0 saturated heterocycles. The van der Waals surface area contributed by atoms with E-state index in [9.17, 15) is 9.59 Å². The molecule has 0 bridgehead atoms. The SMILES string of the molecule is CCC(=O)Nc1cc(NCC(=O)N(C)C)ccc1C. The van der Waals surface area contributed by atoms with Crippen LogP contribution >= 0.6 is 0 Å². The van der Waals surface area contributed by atoms with Crippen LogP contribution in [-0.2, 0) is 9.59 Å². The molecule has 2 amide bonds. The second kappa shape index (κ2) is 6.78. The number of amides is 2. The van der Waals surface area contributed by atoms with Gasteiger partial charge in [0, 0.05) is 31.9 Å². The summed E-state index contributed by atoms with van der Waals surface area (Å²) in [5.41, 5.74) is 2.58. The minimum Gasteiger partial charge on any atom is -0.376 e. The van der Waals surface area contributed by atoms with Crippen LogP contribution in [0.2, 0.25) is 0 Å². The first kappa shape index (κ1) is 15.0. The van der Waals surface area contributed by atoms with Crippen LogP contribution < -0.4 is 10.6 Å². The van der Waals surface area contributed by atoms with Crippen molar-refractivity contribution in [3.05, 3.63) is 23.8 Å². The van der Waals surface area contributed by atoms with E-state index in [1.165, 1.54) is 4.90 Å². The van der Waals surface area contributed by atoms with Crippen molar-refractivity contribution in [1.29, 1.82) is 0 Å². The highest BCUT2D eigenvalue weighted by atomic mass is 16.2. The van der Waals surface area contributed by atoms with Gasteiger partial charge in [0.25, 0.3) is 0 Å². The predicted octanol–water partition coefficient (Wildman–Crippen LogP) is 1.84. The molecule has 0 saturated carbocycles. The summed E-state index contributed by atoms with van der Waals surface area (Å²) in [4.78, 5) is 24.4. The normalized spacial score (nSPS) is 9.89. The van der Waals surface area contributed by atoms with E-state index in [1.807, 2.05) is 32.0 Å². The van der Waals surface area contributed by atoms with Gasteiger partial charge in [-0.25, -0.2) is 0 Å². The van der Waals surface area contributed by atoms with E-state index >= 15 is 0 Å². The van der Waals surface area contributed by atoms with Gasteiger partial charge < -0.3 is 15.5 Å². The summed E-state index contributed by atoms with van der Waals surface area (Å²) in [5.74, 6) is -0.0238. The Kier molecular flexibility index (Phi) is 5.36. The van der Waals surface area contributed by atoms with Gasteiger partial charge in [0.2, 0.25) is 11.8 Å². The van der Waals surface area contributed by atoms with Gasteiger partial charge in [-0.15, -0.1) is 0 Å². The van der Waals surface area contributed by atoms with Crippen molar-refractivity contribution in [2.45, 2.75) is 20.3 Å². The Hall–Kier alpha value is -2.04. The summed E-state index contributed by atoms with van der Waals surface area (Å²) < 4.78 is 0.